The van der Waals surface area contributed by atoms with E-state index in [-0.39, 0.29) is 0 Å². The third kappa shape index (κ3) is 2.88. The van der Waals surface area contributed by atoms with E-state index in [9.17, 15) is 0 Å². The Kier molecular flexibility index (Phi) is 4.36. The normalized spacial score (nSPS) is 26.4. The minimum atomic E-state index is 0.338. The van der Waals surface area contributed by atoms with Gasteiger partial charge in [-0.2, -0.15) is 0 Å². The van der Waals surface area contributed by atoms with Crippen LogP contribution < -0.4 is 4.90 Å². The largest absolute Gasteiger partial charge is 0.363 e. The highest BCUT2D eigenvalue weighted by atomic mass is 35.5. The first-order chi connectivity index (χ1) is 10.1. The number of hydrogen-bond acceptors (Lipinski definition) is 4. The van der Waals surface area contributed by atoms with E-state index in [1.807, 2.05) is 6.20 Å². The number of fused-ring (bicyclic) bond motifs is 1. The van der Waals surface area contributed by atoms with Gasteiger partial charge in [-0.1, -0.05) is 13.8 Å². The monoisotopic (exact) mass is 308 g/mol. The lowest BCUT2D eigenvalue weighted by molar-refractivity contribution is 0.202. The van der Waals surface area contributed by atoms with Crippen LogP contribution in [0.5, 0.6) is 0 Å². The number of anilines is 1. The predicted octanol–water partition coefficient (Wildman–Crippen LogP) is 3.01. The van der Waals surface area contributed by atoms with Crippen LogP contribution in [-0.4, -0.2) is 46.6 Å². The quantitative estimate of drug-likeness (QED) is 0.804. The first kappa shape index (κ1) is 15.0. The maximum atomic E-state index is 6.16. The Hall–Kier alpha value is -0.870. The van der Waals surface area contributed by atoms with E-state index in [2.05, 4.69) is 40.5 Å². The lowest BCUT2D eigenvalue weighted by atomic mass is 10.1. The van der Waals surface area contributed by atoms with Crippen molar-refractivity contribution in [3.05, 3.63) is 17.7 Å². The number of piperazine rings is 1. The third-order valence-corrected chi connectivity index (χ3v) is 5.01. The number of nitrogens with zero attached hydrogens (tertiary/aromatic N) is 4. The molecule has 2 unspecified atom stereocenters. The molecule has 3 rings (SSSR count). The summed E-state index contributed by atoms with van der Waals surface area (Å²) in [6, 6.07) is 1.18. The second-order valence-electron chi connectivity index (χ2n) is 6.64. The minimum Gasteiger partial charge on any atom is -0.363 e. The van der Waals surface area contributed by atoms with Crippen LogP contribution in [0, 0.1) is 0 Å². The van der Waals surface area contributed by atoms with Crippen LogP contribution in [0.15, 0.2) is 6.20 Å². The Labute approximate surface area is 132 Å². The van der Waals surface area contributed by atoms with Crippen LogP contribution in [0.25, 0.3) is 0 Å². The van der Waals surface area contributed by atoms with Gasteiger partial charge in [0.15, 0.2) is 0 Å². The van der Waals surface area contributed by atoms with Gasteiger partial charge < -0.3 is 4.90 Å². The molecule has 2 saturated heterocycles. The maximum Gasteiger partial charge on any atom is 0.131 e. The molecule has 0 spiro atoms. The average Bonchev–Trinajstić information content (AvgIpc) is 2.92. The summed E-state index contributed by atoms with van der Waals surface area (Å²) in [4.78, 5) is 14.3. The minimum absolute atomic E-state index is 0.338. The third-order valence-electron chi connectivity index (χ3n) is 4.75. The van der Waals surface area contributed by atoms with Gasteiger partial charge in [0.1, 0.15) is 5.82 Å². The van der Waals surface area contributed by atoms with Crippen LogP contribution in [0.1, 0.15) is 51.0 Å². The van der Waals surface area contributed by atoms with E-state index in [0.717, 1.165) is 30.3 Å². The fourth-order valence-corrected chi connectivity index (χ4v) is 3.76. The molecule has 0 bridgehead atoms. The molecule has 1 aromatic rings. The molecule has 21 heavy (non-hydrogen) atoms. The van der Waals surface area contributed by atoms with E-state index in [0.29, 0.717) is 23.9 Å². The first-order valence-corrected chi connectivity index (χ1v) is 8.56. The van der Waals surface area contributed by atoms with Gasteiger partial charge in [-0.25, -0.2) is 9.97 Å². The van der Waals surface area contributed by atoms with Crippen molar-refractivity contribution in [3.63, 3.8) is 0 Å². The lowest BCUT2D eigenvalue weighted by Crippen LogP contribution is -2.55. The molecular formula is C16H25ClN4. The second-order valence-corrected chi connectivity index (χ2v) is 6.91. The van der Waals surface area contributed by atoms with Gasteiger partial charge in [0.05, 0.1) is 23.5 Å². The topological polar surface area (TPSA) is 32.3 Å². The fourth-order valence-electron chi connectivity index (χ4n) is 3.57. The molecule has 2 aliphatic rings. The van der Waals surface area contributed by atoms with Gasteiger partial charge in [0, 0.05) is 31.1 Å². The molecule has 116 valence electrons. The standard InChI is InChI=1S/C16H25ClN4/c1-11(2)16-18-8-15(14(7-17)19-16)21-10-13-5-4-6-20(13)9-12(21)3/h8,11-13H,4-7,9-10H2,1-3H3. The van der Waals surface area contributed by atoms with Crippen molar-refractivity contribution >= 4 is 17.3 Å². The van der Waals surface area contributed by atoms with Crippen LogP contribution in [0.4, 0.5) is 5.69 Å². The molecule has 2 aliphatic heterocycles. The first-order valence-electron chi connectivity index (χ1n) is 8.02. The molecule has 0 amide bonds. The summed E-state index contributed by atoms with van der Waals surface area (Å²) in [7, 11) is 0. The molecule has 5 heteroatoms. The van der Waals surface area contributed by atoms with Gasteiger partial charge >= 0.3 is 0 Å². The van der Waals surface area contributed by atoms with Crippen LogP contribution in [0.3, 0.4) is 0 Å². The van der Waals surface area contributed by atoms with Crippen molar-refractivity contribution in [2.24, 2.45) is 0 Å². The fraction of sp³-hybridized carbons (Fsp3) is 0.750. The zero-order valence-corrected chi connectivity index (χ0v) is 14.0. The molecule has 1 aromatic heterocycles. The average molecular weight is 309 g/mol. The Morgan fingerprint density at radius 1 is 1.38 bits per heavy atom. The highest BCUT2D eigenvalue weighted by Gasteiger charge is 2.35. The Bertz CT molecular complexity index is 505. The van der Waals surface area contributed by atoms with E-state index in [4.69, 9.17) is 11.6 Å². The van der Waals surface area contributed by atoms with Crippen LogP contribution in [0.2, 0.25) is 0 Å². The van der Waals surface area contributed by atoms with Gasteiger partial charge in [0.2, 0.25) is 0 Å². The van der Waals surface area contributed by atoms with Gasteiger partial charge in [0.25, 0.3) is 0 Å². The summed E-state index contributed by atoms with van der Waals surface area (Å²) in [5, 5.41) is 0. The Morgan fingerprint density at radius 2 is 2.19 bits per heavy atom. The molecule has 0 aromatic carbocycles. The summed E-state index contributed by atoms with van der Waals surface area (Å²) in [5.41, 5.74) is 2.11. The number of alkyl halides is 1. The molecule has 0 saturated carbocycles. The van der Waals surface area contributed by atoms with Crippen molar-refractivity contribution in [1.29, 1.82) is 0 Å². The van der Waals surface area contributed by atoms with E-state index in [1.54, 1.807) is 0 Å². The van der Waals surface area contributed by atoms with Gasteiger partial charge in [-0.05, 0) is 26.3 Å². The van der Waals surface area contributed by atoms with Crippen molar-refractivity contribution in [3.8, 4) is 0 Å². The van der Waals surface area contributed by atoms with Crippen molar-refractivity contribution in [2.75, 3.05) is 24.5 Å². The second kappa shape index (κ2) is 6.09. The molecule has 0 radical (unpaired) electrons. The molecule has 4 nitrogen and oxygen atoms in total. The summed E-state index contributed by atoms with van der Waals surface area (Å²) < 4.78 is 0. The molecule has 2 fully saturated rings. The highest BCUT2D eigenvalue weighted by Crippen LogP contribution is 2.30. The predicted molar refractivity (Wildman–Crippen MR) is 87.1 cm³/mol. The Balaban J connectivity index is 1.88. The summed E-state index contributed by atoms with van der Waals surface area (Å²) >= 11 is 6.16. The maximum absolute atomic E-state index is 6.16. The number of hydrogen-bond donors (Lipinski definition) is 0. The summed E-state index contributed by atoms with van der Waals surface area (Å²) in [6.07, 6.45) is 4.63. The smallest absolute Gasteiger partial charge is 0.131 e. The summed E-state index contributed by atoms with van der Waals surface area (Å²) in [6.45, 7) is 10.0. The molecular weight excluding hydrogens is 284 g/mol. The zero-order chi connectivity index (χ0) is 15.0. The van der Waals surface area contributed by atoms with Gasteiger partial charge in [-0.3, -0.25) is 4.90 Å². The SMILES string of the molecule is CC(C)c1ncc(N2CC3CCCN3CC2C)c(CCl)n1. The van der Waals surface area contributed by atoms with Crippen molar-refractivity contribution < 1.29 is 0 Å². The molecule has 3 heterocycles. The van der Waals surface area contributed by atoms with Crippen LogP contribution >= 0.6 is 11.6 Å². The Morgan fingerprint density at radius 3 is 2.90 bits per heavy atom. The van der Waals surface area contributed by atoms with E-state index in [1.165, 1.54) is 19.4 Å². The number of aromatic nitrogens is 2. The molecule has 0 aliphatic carbocycles. The molecule has 0 N–H and O–H groups in total. The number of halogens is 1. The van der Waals surface area contributed by atoms with Crippen molar-refractivity contribution in [2.45, 2.75) is 57.5 Å². The molecule has 2 atom stereocenters. The van der Waals surface area contributed by atoms with E-state index < -0.39 is 0 Å². The summed E-state index contributed by atoms with van der Waals surface area (Å²) in [5.74, 6) is 1.68. The number of rotatable bonds is 3. The van der Waals surface area contributed by atoms with Crippen molar-refractivity contribution in [1.82, 2.24) is 14.9 Å². The van der Waals surface area contributed by atoms with Gasteiger partial charge in [-0.15, -0.1) is 11.6 Å². The van der Waals surface area contributed by atoms with Crippen LogP contribution in [-0.2, 0) is 5.88 Å². The highest BCUT2D eigenvalue weighted by molar-refractivity contribution is 6.17. The lowest BCUT2D eigenvalue weighted by Gasteiger charge is -2.43. The zero-order valence-electron chi connectivity index (χ0n) is 13.2. The van der Waals surface area contributed by atoms with E-state index >= 15 is 0 Å².